The van der Waals surface area contributed by atoms with Gasteiger partial charge < -0.3 is 14.0 Å². The molecule has 0 aromatic heterocycles. The molecule has 0 atom stereocenters. The van der Waals surface area contributed by atoms with Crippen LogP contribution < -0.4 is 0 Å². The Labute approximate surface area is 50.1 Å². The normalized spacial score (nSPS) is 1.00. The molecular formula is C4H7CuN. The van der Waals surface area contributed by atoms with E-state index < -0.39 is 0 Å². The van der Waals surface area contributed by atoms with Gasteiger partial charge in [0.05, 0.1) is 0 Å². The Morgan fingerprint density at radius 1 is 1.33 bits per heavy atom. The minimum absolute atomic E-state index is 0. The molecule has 0 saturated heterocycles. The van der Waals surface area contributed by atoms with Crippen molar-refractivity contribution in [2.75, 3.05) is 0 Å². The van der Waals surface area contributed by atoms with Gasteiger partial charge in [0.1, 0.15) is 0 Å². The molecule has 0 heterocycles. The Morgan fingerprint density at radius 3 is 1.33 bits per heavy atom. The Bertz CT molecular complexity index is 18.8. The van der Waals surface area contributed by atoms with E-state index in [1.807, 2.05) is 0 Å². The third-order valence-corrected chi connectivity index (χ3v) is 0. The molecule has 0 fully saturated rings. The second kappa shape index (κ2) is 1060. The van der Waals surface area contributed by atoms with Crippen LogP contribution in [-0.2, 0) is 17.1 Å². The molecular weight excluding hydrogens is 126 g/mol. The summed E-state index contributed by atoms with van der Waals surface area (Å²) in [5, 5.41) is 6.50. The molecule has 0 rings (SSSR count). The first-order valence-corrected chi connectivity index (χ1v) is 0.666. The van der Waals surface area contributed by atoms with Crippen molar-refractivity contribution in [1.29, 1.82) is 5.26 Å². The van der Waals surface area contributed by atoms with Crippen LogP contribution in [0.2, 0.25) is 0 Å². The molecule has 0 aromatic carbocycles. The van der Waals surface area contributed by atoms with Gasteiger partial charge in [-0.25, -0.2) is 5.26 Å². The first kappa shape index (κ1) is 42.4. The fourth-order valence-electron chi connectivity index (χ4n) is 0. The van der Waals surface area contributed by atoms with Crippen LogP contribution >= 0.6 is 0 Å². The number of rotatable bonds is 0. The zero-order valence-corrected chi connectivity index (χ0v) is 4.55. The van der Waals surface area contributed by atoms with E-state index in [0.717, 1.165) is 0 Å². The van der Waals surface area contributed by atoms with E-state index in [1.165, 1.54) is 0 Å². The predicted octanol–water partition coefficient (Wildman–Crippen LogP) is 1.19. The molecule has 0 bridgehead atoms. The van der Waals surface area contributed by atoms with E-state index in [9.17, 15) is 0 Å². The van der Waals surface area contributed by atoms with E-state index >= 15 is 0 Å². The van der Waals surface area contributed by atoms with Gasteiger partial charge >= 0.3 is 17.1 Å². The summed E-state index contributed by atoms with van der Waals surface area (Å²) in [6.07, 6.45) is 0. The summed E-state index contributed by atoms with van der Waals surface area (Å²) < 4.78 is 0. The molecule has 0 aliphatic carbocycles. The quantitative estimate of drug-likeness (QED) is 0.359. The zero-order chi connectivity index (χ0) is 4.00. The topological polar surface area (TPSA) is 23.8 Å². The number of nitrogens with zero attached hydrogens (tertiary/aromatic N) is 1. The molecule has 2 heteroatoms. The molecule has 0 unspecified atom stereocenters. The number of nitriles is 1. The fraction of sp³-hybridized carbons (Fsp3) is 0. The smallest absolute Gasteiger partial charge is 0.521 e. The van der Waals surface area contributed by atoms with Gasteiger partial charge in [-0.1, -0.05) is 0 Å². The molecule has 0 aliphatic rings. The third kappa shape index (κ3) is 452. The molecule has 0 aliphatic heterocycles. The summed E-state index contributed by atoms with van der Waals surface area (Å²) in [6, 6.07) is 0. The summed E-state index contributed by atoms with van der Waals surface area (Å²) >= 11 is 0. The molecule has 1 nitrogen and oxygen atoms in total. The van der Waals surface area contributed by atoms with Gasteiger partial charge in [0.25, 0.3) is 0 Å². The predicted molar refractivity (Wildman–Crippen MR) is 23.0 cm³/mol. The van der Waals surface area contributed by atoms with Crippen LogP contribution in [0.25, 0.3) is 0 Å². The van der Waals surface area contributed by atoms with Crippen LogP contribution in [0.4, 0.5) is 0 Å². The van der Waals surface area contributed by atoms with Crippen molar-refractivity contribution >= 4 is 0 Å². The van der Waals surface area contributed by atoms with E-state index in [0.29, 0.717) is 0 Å². The Morgan fingerprint density at radius 2 is 1.33 bits per heavy atom. The monoisotopic (exact) mass is 132 g/mol. The maximum absolute atomic E-state index is 6.50. The minimum Gasteiger partial charge on any atom is -0.521 e. The number of hydrogen-bond donors (Lipinski definition) is 0. The van der Waals surface area contributed by atoms with Crippen LogP contribution in [0.1, 0.15) is 0 Å². The van der Waals surface area contributed by atoms with Crippen molar-refractivity contribution < 1.29 is 17.1 Å². The molecule has 0 saturated carbocycles. The standard InChI is InChI=1S/C2H3.CHN.CH3.Cu/c2*1-2;;/h1H,2H2;1H;1H3;/q-1;;-1;+2. The Balaban J connectivity index is -0.00000000500. The third-order valence-electron chi connectivity index (χ3n) is 0. The molecule has 39 valence electrons. The summed E-state index contributed by atoms with van der Waals surface area (Å²) in [7, 11) is 0. The van der Waals surface area contributed by atoms with Crippen molar-refractivity contribution in [2.45, 2.75) is 0 Å². The van der Waals surface area contributed by atoms with E-state index in [2.05, 4.69) is 19.7 Å². The summed E-state index contributed by atoms with van der Waals surface area (Å²) in [5.41, 5.74) is 0. The first-order valence-electron chi connectivity index (χ1n) is 0.666. The van der Waals surface area contributed by atoms with Crippen molar-refractivity contribution in [3.05, 3.63) is 20.6 Å². The SMILES string of the molecule is C#N.[CH-]=C.[CH3-].[Cu+2]. The Hall–Kier alpha value is -0.251. The van der Waals surface area contributed by atoms with Crippen molar-refractivity contribution in [3.63, 3.8) is 0 Å². The van der Waals surface area contributed by atoms with Crippen LogP contribution in [0.15, 0.2) is 6.58 Å². The largest absolute Gasteiger partial charge is 2.00 e. The van der Waals surface area contributed by atoms with E-state index in [-0.39, 0.29) is 24.5 Å². The van der Waals surface area contributed by atoms with Gasteiger partial charge in [-0.15, -0.1) is 0 Å². The van der Waals surface area contributed by atoms with E-state index in [4.69, 9.17) is 5.26 Å². The molecule has 0 N–H and O–H groups in total. The van der Waals surface area contributed by atoms with Gasteiger partial charge in [0, 0.05) is 6.57 Å². The zero-order valence-electron chi connectivity index (χ0n) is 3.61. The van der Waals surface area contributed by atoms with Crippen LogP contribution in [0.3, 0.4) is 0 Å². The van der Waals surface area contributed by atoms with Gasteiger partial charge in [-0.2, -0.15) is 0 Å². The van der Waals surface area contributed by atoms with Crippen LogP contribution in [-0.4, -0.2) is 0 Å². The summed E-state index contributed by atoms with van der Waals surface area (Å²) in [5.74, 6) is 0. The minimum atomic E-state index is 0. The van der Waals surface area contributed by atoms with Gasteiger partial charge in [-0.3, -0.25) is 6.58 Å². The maximum atomic E-state index is 6.50. The van der Waals surface area contributed by atoms with Crippen molar-refractivity contribution in [3.8, 4) is 6.57 Å². The second-order valence-electron chi connectivity index (χ2n) is 0. The van der Waals surface area contributed by atoms with Gasteiger partial charge in [0.2, 0.25) is 0 Å². The molecule has 0 spiro atoms. The molecule has 1 radical (unpaired) electrons. The second-order valence-corrected chi connectivity index (χ2v) is 0. The maximum Gasteiger partial charge on any atom is 2.00 e. The number of hydrogen-bond acceptors (Lipinski definition) is 1. The van der Waals surface area contributed by atoms with Crippen LogP contribution in [0, 0.1) is 25.8 Å². The average molecular weight is 133 g/mol. The molecule has 0 amide bonds. The first-order chi connectivity index (χ1) is 2.00. The van der Waals surface area contributed by atoms with Gasteiger partial charge in [-0.05, 0) is 0 Å². The Kier molecular flexibility index (Phi) is 7510. The average Bonchev–Trinajstić information content (AvgIpc) is 1.50. The summed E-state index contributed by atoms with van der Waals surface area (Å²) in [4.78, 5) is 0. The summed E-state index contributed by atoms with van der Waals surface area (Å²) in [6.45, 7) is 10.5. The van der Waals surface area contributed by atoms with Gasteiger partial charge in [0.15, 0.2) is 0 Å². The van der Waals surface area contributed by atoms with Crippen molar-refractivity contribution in [1.82, 2.24) is 0 Å². The fourth-order valence-corrected chi connectivity index (χ4v) is 0. The molecule has 0 aromatic rings. The van der Waals surface area contributed by atoms with E-state index in [1.54, 1.807) is 0 Å². The van der Waals surface area contributed by atoms with Crippen LogP contribution in [0.5, 0.6) is 0 Å². The van der Waals surface area contributed by atoms with Crippen molar-refractivity contribution in [2.24, 2.45) is 0 Å². The molecule has 6 heavy (non-hydrogen) atoms.